The Labute approximate surface area is 228 Å². The molecule has 0 aliphatic carbocycles. The Hall–Kier alpha value is -3.96. The summed E-state index contributed by atoms with van der Waals surface area (Å²) >= 11 is 0. The lowest BCUT2D eigenvalue weighted by Gasteiger charge is -2.30. The van der Waals surface area contributed by atoms with E-state index in [4.69, 9.17) is 4.98 Å². The van der Waals surface area contributed by atoms with Gasteiger partial charge in [-0.15, -0.1) is 6.58 Å². The molecule has 3 heterocycles. The van der Waals surface area contributed by atoms with Gasteiger partial charge in [-0.25, -0.2) is 22.8 Å². The molecule has 204 valence electrons. The highest BCUT2D eigenvalue weighted by Gasteiger charge is 2.23. The molecule has 1 aliphatic rings. The number of benzene rings is 2. The minimum Gasteiger partial charge on any atom is -0.369 e. The van der Waals surface area contributed by atoms with Gasteiger partial charge in [0, 0.05) is 37.2 Å². The maximum absolute atomic E-state index is 13.3. The number of anilines is 3. The molecule has 2 aromatic heterocycles. The van der Waals surface area contributed by atoms with E-state index in [1.54, 1.807) is 17.0 Å². The average Bonchev–Trinajstić information content (AvgIpc) is 3.15. The van der Waals surface area contributed by atoms with Crippen molar-refractivity contribution in [2.24, 2.45) is 0 Å². The van der Waals surface area contributed by atoms with Gasteiger partial charge >= 0.3 is 0 Å². The van der Waals surface area contributed by atoms with Crippen molar-refractivity contribution in [1.29, 1.82) is 0 Å². The number of hydrogen-bond acceptors (Lipinski definition) is 8. The smallest absolute Gasteiger partial charge is 0.278 e. The fourth-order valence-electron chi connectivity index (χ4n) is 4.96. The van der Waals surface area contributed by atoms with Crippen LogP contribution in [0.25, 0.3) is 16.7 Å². The Morgan fingerprint density at radius 3 is 2.59 bits per heavy atom. The van der Waals surface area contributed by atoms with E-state index in [0.29, 0.717) is 36.6 Å². The predicted octanol–water partition coefficient (Wildman–Crippen LogP) is 3.12. The first-order valence-electron chi connectivity index (χ1n) is 12.8. The first kappa shape index (κ1) is 26.6. The molecule has 4 aromatic rings. The zero-order valence-corrected chi connectivity index (χ0v) is 23.3. The summed E-state index contributed by atoms with van der Waals surface area (Å²) in [4.78, 5) is 26.6. The number of aromatic nitrogens is 4. The van der Waals surface area contributed by atoms with Gasteiger partial charge in [0.25, 0.3) is 5.56 Å². The first-order valence-corrected chi connectivity index (χ1v) is 14.6. The second-order valence-corrected chi connectivity index (χ2v) is 12.4. The summed E-state index contributed by atoms with van der Waals surface area (Å²) in [7, 11) is 1.09. The number of nitrogens with one attached hydrogen (secondary N) is 1. The number of rotatable bonds is 8. The Balaban J connectivity index is 1.49. The molecule has 0 amide bonds. The SMILES string of the molecule is C=CCn1c(=O)c2cnc(Nc3ccc(N4CCS(=O)(=O)CC4)c(C)c3)nc2n1-c1cccc(CN(C)C)c1. The van der Waals surface area contributed by atoms with Crippen LogP contribution in [0.5, 0.6) is 0 Å². The molecular formula is C28H33N7O3S. The van der Waals surface area contributed by atoms with E-state index in [9.17, 15) is 13.2 Å². The van der Waals surface area contributed by atoms with Crippen LogP contribution in [0.3, 0.4) is 0 Å². The lowest BCUT2D eigenvalue weighted by atomic mass is 10.1. The molecule has 1 aliphatic heterocycles. The van der Waals surface area contributed by atoms with E-state index < -0.39 is 9.84 Å². The molecule has 1 fully saturated rings. The van der Waals surface area contributed by atoms with Crippen molar-refractivity contribution in [2.75, 3.05) is 48.9 Å². The molecule has 0 unspecified atom stereocenters. The lowest BCUT2D eigenvalue weighted by molar-refractivity contribution is 0.402. The Morgan fingerprint density at radius 2 is 1.90 bits per heavy atom. The molecular weight excluding hydrogens is 514 g/mol. The summed E-state index contributed by atoms with van der Waals surface area (Å²) in [5.74, 6) is 0.713. The number of nitrogens with zero attached hydrogens (tertiary/aromatic N) is 6. The zero-order chi connectivity index (χ0) is 27.7. The summed E-state index contributed by atoms with van der Waals surface area (Å²) in [6.45, 7) is 7.90. The van der Waals surface area contributed by atoms with E-state index in [2.05, 4.69) is 38.8 Å². The minimum absolute atomic E-state index is 0.172. The third kappa shape index (κ3) is 5.59. The van der Waals surface area contributed by atoms with Gasteiger partial charge in [0.2, 0.25) is 5.95 Å². The second kappa shape index (κ2) is 10.7. The van der Waals surface area contributed by atoms with Crippen LogP contribution >= 0.6 is 0 Å². The fourth-order valence-corrected chi connectivity index (χ4v) is 6.16. The Kier molecular flexibility index (Phi) is 7.28. The number of aryl methyl sites for hydroxylation is 1. The quantitative estimate of drug-likeness (QED) is 0.336. The van der Waals surface area contributed by atoms with E-state index >= 15 is 0 Å². The maximum Gasteiger partial charge on any atom is 0.278 e. The Bertz CT molecular complexity index is 1690. The van der Waals surface area contributed by atoms with Crippen molar-refractivity contribution < 1.29 is 8.42 Å². The maximum atomic E-state index is 13.3. The van der Waals surface area contributed by atoms with Crippen LogP contribution in [0.2, 0.25) is 0 Å². The van der Waals surface area contributed by atoms with Crippen LogP contribution in [-0.4, -0.2) is 71.3 Å². The van der Waals surface area contributed by atoms with Crippen molar-refractivity contribution in [3.8, 4) is 5.69 Å². The van der Waals surface area contributed by atoms with Crippen molar-refractivity contribution in [1.82, 2.24) is 24.2 Å². The summed E-state index contributed by atoms with van der Waals surface area (Å²) in [5, 5.41) is 3.69. The number of fused-ring (bicyclic) bond motifs is 1. The van der Waals surface area contributed by atoms with Gasteiger partial charge < -0.3 is 15.1 Å². The molecule has 1 N–H and O–H groups in total. The van der Waals surface area contributed by atoms with Crippen LogP contribution in [0, 0.1) is 6.92 Å². The first-order chi connectivity index (χ1) is 18.6. The van der Waals surface area contributed by atoms with Gasteiger partial charge in [-0.05, 0) is 62.5 Å². The fraction of sp³-hybridized carbons (Fsp3) is 0.321. The lowest BCUT2D eigenvalue weighted by Crippen LogP contribution is -2.40. The third-order valence-electron chi connectivity index (χ3n) is 6.77. The minimum atomic E-state index is -2.94. The second-order valence-electron chi connectivity index (χ2n) is 10.1. The largest absolute Gasteiger partial charge is 0.369 e. The topological polar surface area (TPSA) is 105 Å². The molecule has 0 saturated carbocycles. The Morgan fingerprint density at radius 1 is 1.13 bits per heavy atom. The number of hydrogen-bond donors (Lipinski definition) is 1. The molecule has 11 heteroatoms. The van der Waals surface area contributed by atoms with Gasteiger partial charge in [-0.1, -0.05) is 18.2 Å². The highest BCUT2D eigenvalue weighted by Crippen LogP contribution is 2.27. The van der Waals surface area contributed by atoms with Crippen LogP contribution in [0.15, 0.2) is 66.1 Å². The summed E-state index contributed by atoms with van der Waals surface area (Å²) in [6.07, 6.45) is 3.25. The van der Waals surface area contributed by atoms with Gasteiger partial charge in [-0.3, -0.25) is 4.79 Å². The van der Waals surface area contributed by atoms with Crippen molar-refractivity contribution in [3.63, 3.8) is 0 Å². The van der Waals surface area contributed by atoms with Gasteiger partial charge in [-0.2, -0.15) is 4.98 Å². The molecule has 10 nitrogen and oxygen atoms in total. The standard InChI is InChI=1S/C28H33N7O3S/c1-5-11-34-27(36)24-18-29-28(31-26(24)35(34)23-8-6-7-21(17-23)19-32(3)4)30-22-9-10-25(20(2)16-22)33-12-14-39(37,38)15-13-33/h5-10,16-18H,1,11-15,19H2,2-4H3,(H,29,30,31). The van der Waals surface area contributed by atoms with Gasteiger partial charge in [0.15, 0.2) is 15.5 Å². The zero-order valence-electron chi connectivity index (χ0n) is 22.5. The third-order valence-corrected chi connectivity index (χ3v) is 8.38. The molecule has 2 aromatic carbocycles. The van der Waals surface area contributed by atoms with Crippen LogP contribution in [-0.2, 0) is 22.9 Å². The van der Waals surface area contributed by atoms with Gasteiger partial charge in [0.1, 0.15) is 5.39 Å². The van der Waals surface area contributed by atoms with Crippen molar-refractivity contribution in [2.45, 2.75) is 20.0 Å². The van der Waals surface area contributed by atoms with Gasteiger partial charge in [0.05, 0.1) is 23.7 Å². The summed E-state index contributed by atoms with van der Waals surface area (Å²) in [6, 6.07) is 14.0. The predicted molar refractivity (Wildman–Crippen MR) is 156 cm³/mol. The van der Waals surface area contributed by atoms with Crippen LogP contribution in [0.1, 0.15) is 11.1 Å². The molecule has 0 bridgehead atoms. The number of sulfone groups is 1. The van der Waals surface area contributed by atoms with E-state index in [0.717, 1.165) is 34.7 Å². The molecule has 0 spiro atoms. The molecule has 5 rings (SSSR count). The highest BCUT2D eigenvalue weighted by molar-refractivity contribution is 7.91. The number of allylic oxidation sites excluding steroid dienone is 1. The molecule has 39 heavy (non-hydrogen) atoms. The molecule has 1 saturated heterocycles. The highest BCUT2D eigenvalue weighted by atomic mass is 32.2. The average molecular weight is 548 g/mol. The summed E-state index contributed by atoms with van der Waals surface area (Å²) in [5.41, 5.74) is 5.10. The van der Waals surface area contributed by atoms with Crippen LogP contribution in [0.4, 0.5) is 17.3 Å². The molecule has 0 atom stereocenters. The monoisotopic (exact) mass is 547 g/mol. The summed E-state index contributed by atoms with van der Waals surface area (Å²) < 4.78 is 27.1. The van der Waals surface area contributed by atoms with E-state index in [1.165, 1.54) is 0 Å². The van der Waals surface area contributed by atoms with Crippen molar-refractivity contribution in [3.05, 3.63) is 82.8 Å². The van der Waals surface area contributed by atoms with Crippen LogP contribution < -0.4 is 15.8 Å². The van der Waals surface area contributed by atoms with E-state index in [1.807, 2.05) is 56.0 Å². The molecule has 0 radical (unpaired) electrons. The van der Waals surface area contributed by atoms with Crippen molar-refractivity contribution >= 4 is 38.2 Å². The normalized spacial score (nSPS) is 15.1. The van der Waals surface area contributed by atoms with E-state index in [-0.39, 0.29) is 17.1 Å².